The Hall–Kier alpha value is -2.53. The molecule has 4 nitrogen and oxygen atoms in total. The van der Waals surface area contributed by atoms with Gasteiger partial charge in [0.2, 0.25) is 0 Å². The van der Waals surface area contributed by atoms with Crippen molar-refractivity contribution in [3.8, 4) is 5.75 Å². The molecular weight excluding hydrogens is 284 g/mol. The molecule has 5 heteroatoms. The minimum absolute atomic E-state index is 0.0677. The molecule has 2 aromatic carbocycles. The zero-order chi connectivity index (χ0) is 14.7. The second-order valence-corrected chi connectivity index (χ2v) is 5.00. The van der Waals surface area contributed by atoms with E-state index in [1.165, 1.54) is 17.6 Å². The number of aromatic nitrogens is 2. The Bertz CT molecular complexity index is 810. The number of hydrogen-bond donors (Lipinski definition) is 0. The third-order valence-corrected chi connectivity index (χ3v) is 3.67. The van der Waals surface area contributed by atoms with E-state index in [-0.39, 0.29) is 5.78 Å². The Morgan fingerprint density at radius 3 is 2.71 bits per heavy atom. The van der Waals surface area contributed by atoms with Gasteiger partial charge in [-0.2, -0.15) is 0 Å². The number of hydrogen-bond acceptors (Lipinski definition) is 5. The summed E-state index contributed by atoms with van der Waals surface area (Å²) in [6, 6.07) is 11.3. The van der Waals surface area contributed by atoms with Crippen LogP contribution in [0, 0.1) is 0 Å². The molecule has 0 spiro atoms. The molecule has 0 saturated heterocycles. The highest BCUT2D eigenvalue weighted by atomic mass is 32.1. The Morgan fingerprint density at radius 2 is 2.00 bits per heavy atom. The quantitative estimate of drug-likeness (QED) is 0.545. The largest absolute Gasteiger partial charge is 0.496 e. The van der Waals surface area contributed by atoms with Crippen molar-refractivity contribution < 1.29 is 9.53 Å². The number of nitrogens with zero attached hydrogens (tertiary/aromatic N) is 2. The Labute approximate surface area is 125 Å². The van der Waals surface area contributed by atoms with Crippen molar-refractivity contribution in [2.45, 2.75) is 0 Å². The average Bonchev–Trinajstić information content (AvgIpc) is 3.05. The molecule has 0 aliphatic carbocycles. The molecule has 1 aromatic heterocycles. The molecule has 0 N–H and O–H groups in total. The van der Waals surface area contributed by atoms with Gasteiger partial charge in [-0.3, -0.25) is 4.79 Å². The highest BCUT2D eigenvalue weighted by Crippen LogP contribution is 2.28. The van der Waals surface area contributed by atoms with Crippen molar-refractivity contribution in [3.63, 3.8) is 0 Å². The van der Waals surface area contributed by atoms with Crippen molar-refractivity contribution in [2.24, 2.45) is 0 Å². The third-order valence-electron chi connectivity index (χ3n) is 3.15. The van der Waals surface area contributed by atoms with Crippen LogP contribution in [0.4, 0.5) is 0 Å². The molecule has 0 saturated carbocycles. The van der Waals surface area contributed by atoms with Gasteiger partial charge in [0.15, 0.2) is 5.78 Å². The topological polar surface area (TPSA) is 52.1 Å². The summed E-state index contributed by atoms with van der Waals surface area (Å²) in [4.78, 5) is 12.4. The van der Waals surface area contributed by atoms with E-state index in [9.17, 15) is 4.79 Å². The summed E-state index contributed by atoms with van der Waals surface area (Å²) in [5.41, 5.74) is 1.33. The maximum atomic E-state index is 12.4. The van der Waals surface area contributed by atoms with Gasteiger partial charge in [0.25, 0.3) is 0 Å². The third kappa shape index (κ3) is 2.68. The SMILES string of the molecule is COc1ccc(C(=O)/C=C/c2csnn2)c2ccccc12. The van der Waals surface area contributed by atoms with E-state index in [1.54, 1.807) is 24.6 Å². The van der Waals surface area contributed by atoms with Gasteiger partial charge in [0, 0.05) is 16.3 Å². The second-order valence-electron chi connectivity index (χ2n) is 4.39. The van der Waals surface area contributed by atoms with E-state index in [2.05, 4.69) is 9.59 Å². The maximum Gasteiger partial charge on any atom is 0.186 e. The van der Waals surface area contributed by atoms with Gasteiger partial charge in [-0.1, -0.05) is 28.8 Å². The lowest BCUT2D eigenvalue weighted by Gasteiger charge is -2.08. The molecule has 0 bridgehead atoms. The number of benzene rings is 2. The summed E-state index contributed by atoms with van der Waals surface area (Å²) in [6.07, 6.45) is 3.19. The minimum Gasteiger partial charge on any atom is -0.496 e. The first-order valence-corrected chi connectivity index (χ1v) is 7.18. The molecule has 0 amide bonds. The van der Waals surface area contributed by atoms with Gasteiger partial charge < -0.3 is 4.74 Å². The number of carbonyl (C=O) groups is 1. The summed E-state index contributed by atoms with van der Waals surface area (Å²) in [6.45, 7) is 0. The van der Waals surface area contributed by atoms with Crippen molar-refractivity contribution in [3.05, 3.63) is 59.1 Å². The fraction of sp³-hybridized carbons (Fsp3) is 0.0625. The van der Waals surface area contributed by atoms with E-state index in [0.717, 1.165) is 16.5 Å². The van der Waals surface area contributed by atoms with Crippen molar-refractivity contribution in [2.75, 3.05) is 7.11 Å². The first-order valence-electron chi connectivity index (χ1n) is 6.35. The zero-order valence-corrected chi connectivity index (χ0v) is 12.1. The van der Waals surface area contributed by atoms with Crippen LogP contribution in [0.1, 0.15) is 16.1 Å². The van der Waals surface area contributed by atoms with E-state index >= 15 is 0 Å². The van der Waals surface area contributed by atoms with Crippen LogP contribution in [0.15, 0.2) is 47.9 Å². The van der Waals surface area contributed by atoms with E-state index in [1.807, 2.05) is 30.3 Å². The van der Waals surface area contributed by atoms with Crippen LogP contribution in [0.25, 0.3) is 16.8 Å². The van der Waals surface area contributed by atoms with Crippen LogP contribution in [-0.2, 0) is 0 Å². The Balaban J connectivity index is 2.02. The fourth-order valence-electron chi connectivity index (χ4n) is 2.16. The van der Waals surface area contributed by atoms with Gasteiger partial charge in [0.05, 0.1) is 12.8 Å². The van der Waals surface area contributed by atoms with Crippen LogP contribution in [0.5, 0.6) is 5.75 Å². The molecule has 1 heterocycles. The molecule has 0 aliphatic rings. The Morgan fingerprint density at radius 1 is 1.19 bits per heavy atom. The lowest BCUT2D eigenvalue weighted by Crippen LogP contribution is -1.97. The Kier molecular flexibility index (Phi) is 3.75. The number of methoxy groups -OCH3 is 1. The van der Waals surface area contributed by atoms with E-state index in [0.29, 0.717) is 11.3 Å². The molecule has 104 valence electrons. The summed E-state index contributed by atoms with van der Waals surface area (Å²) in [5, 5.41) is 7.47. The van der Waals surface area contributed by atoms with Gasteiger partial charge in [0.1, 0.15) is 5.75 Å². The molecule has 3 rings (SSSR count). The van der Waals surface area contributed by atoms with Crippen LogP contribution in [0.3, 0.4) is 0 Å². The predicted octanol–water partition coefficient (Wildman–Crippen LogP) is 3.60. The second kappa shape index (κ2) is 5.85. The van der Waals surface area contributed by atoms with Gasteiger partial charge in [-0.05, 0) is 41.2 Å². The molecular formula is C16H12N2O2S. The number of carbonyl (C=O) groups excluding carboxylic acids is 1. The standard InChI is InChI=1S/C16H12N2O2S/c1-20-16-9-7-13(12-4-2-3-5-14(12)16)15(19)8-6-11-10-21-18-17-11/h2-10H,1H3/b8-6+. The van der Waals surface area contributed by atoms with Gasteiger partial charge in [-0.15, -0.1) is 5.10 Å². The van der Waals surface area contributed by atoms with Crippen LogP contribution < -0.4 is 4.74 Å². The predicted molar refractivity (Wildman–Crippen MR) is 83.8 cm³/mol. The number of ether oxygens (including phenoxy) is 1. The summed E-state index contributed by atoms with van der Waals surface area (Å²) < 4.78 is 9.09. The molecule has 0 aliphatic heterocycles. The van der Waals surface area contributed by atoms with Crippen molar-refractivity contribution in [1.82, 2.24) is 9.59 Å². The molecule has 21 heavy (non-hydrogen) atoms. The molecule has 3 aromatic rings. The van der Waals surface area contributed by atoms with Gasteiger partial charge in [-0.25, -0.2) is 0 Å². The van der Waals surface area contributed by atoms with Crippen molar-refractivity contribution in [1.29, 1.82) is 0 Å². The van der Waals surface area contributed by atoms with Gasteiger partial charge >= 0.3 is 0 Å². The summed E-state index contributed by atoms with van der Waals surface area (Å²) in [7, 11) is 1.62. The number of allylic oxidation sites excluding steroid dienone is 1. The molecule has 0 unspecified atom stereocenters. The lowest BCUT2D eigenvalue weighted by molar-refractivity contribution is 0.104. The highest BCUT2D eigenvalue weighted by molar-refractivity contribution is 7.03. The van der Waals surface area contributed by atoms with Crippen LogP contribution in [-0.4, -0.2) is 22.5 Å². The first kappa shape index (κ1) is 13.5. The first-order chi connectivity index (χ1) is 10.3. The lowest BCUT2D eigenvalue weighted by atomic mass is 10.0. The number of fused-ring (bicyclic) bond motifs is 1. The van der Waals surface area contributed by atoms with Crippen LogP contribution in [0.2, 0.25) is 0 Å². The zero-order valence-electron chi connectivity index (χ0n) is 11.3. The highest BCUT2D eigenvalue weighted by Gasteiger charge is 2.10. The number of ketones is 1. The normalized spacial score (nSPS) is 11.1. The molecule has 0 fully saturated rings. The maximum absolute atomic E-state index is 12.4. The summed E-state index contributed by atoms with van der Waals surface area (Å²) >= 11 is 1.25. The fourth-order valence-corrected chi connectivity index (χ4v) is 2.58. The molecule has 0 radical (unpaired) electrons. The summed E-state index contributed by atoms with van der Waals surface area (Å²) in [5.74, 6) is 0.691. The van der Waals surface area contributed by atoms with Crippen LogP contribution >= 0.6 is 11.5 Å². The minimum atomic E-state index is -0.0677. The van der Waals surface area contributed by atoms with E-state index < -0.39 is 0 Å². The molecule has 0 atom stereocenters. The average molecular weight is 296 g/mol. The van der Waals surface area contributed by atoms with Crippen molar-refractivity contribution >= 4 is 34.2 Å². The number of rotatable bonds is 4. The smallest absolute Gasteiger partial charge is 0.186 e. The monoisotopic (exact) mass is 296 g/mol. The van der Waals surface area contributed by atoms with E-state index in [4.69, 9.17) is 4.74 Å².